The van der Waals surface area contributed by atoms with Gasteiger partial charge in [-0.05, 0) is 47.7 Å². The summed E-state index contributed by atoms with van der Waals surface area (Å²) in [5.41, 5.74) is 1.97. The maximum atomic E-state index is 13.3. The predicted molar refractivity (Wildman–Crippen MR) is 87.1 cm³/mol. The molecular formula is C19H18FNO3. The minimum Gasteiger partial charge on any atom is -0.478 e. The molecule has 1 fully saturated rings. The lowest BCUT2D eigenvalue weighted by molar-refractivity contribution is -0.131. The normalized spacial score (nSPS) is 18.9. The van der Waals surface area contributed by atoms with Crippen LogP contribution in [-0.2, 0) is 11.3 Å². The lowest BCUT2D eigenvalue weighted by atomic mass is 10.1. The number of rotatable bonds is 5. The first-order valence-corrected chi connectivity index (χ1v) is 7.78. The van der Waals surface area contributed by atoms with E-state index in [1.54, 1.807) is 30.1 Å². The van der Waals surface area contributed by atoms with Crippen LogP contribution >= 0.6 is 0 Å². The summed E-state index contributed by atoms with van der Waals surface area (Å²) in [6, 6.07) is 12.9. The Morgan fingerprint density at radius 2 is 1.92 bits per heavy atom. The molecule has 5 heteroatoms. The van der Waals surface area contributed by atoms with Gasteiger partial charge in [0.05, 0.1) is 5.56 Å². The third-order valence-electron chi connectivity index (χ3n) is 4.38. The van der Waals surface area contributed by atoms with Crippen LogP contribution in [0.15, 0.2) is 48.5 Å². The molecule has 0 aromatic heterocycles. The molecule has 0 aliphatic heterocycles. The van der Waals surface area contributed by atoms with Crippen molar-refractivity contribution in [3.8, 4) is 0 Å². The molecule has 0 spiro atoms. The van der Waals surface area contributed by atoms with E-state index < -0.39 is 5.97 Å². The van der Waals surface area contributed by atoms with Gasteiger partial charge in [0.1, 0.15) is 5.82 Å². The summed E-state index contributed by atoms with van der Waals surface area (Å²) >= 11 is 0. The molecule has 2 unspecified atom stereocenters. The number of aromatic carboxylic acids is 1. The zero-order valence-corrected chi connectivity index (χ0v) is 13.3. The molecule has 1 aliphatic carbocycles. The summed E-state index contributed by atoms with van der Waals surface area (Å²) in [6.07, 6.45) is 0.741. The van der Waals surface area contributed by atoms with Crippen LogP contribution in [0.2, 0.25) is 0 Å². The average Bonchev–Trinajstić information content (AvgIpc) is 3.35. The first-order valence-electron chi connectivity index (χ1n) is 7.78. The van der Waals surface area contributed by atoms with Gasteiger partial charge in [0.25, 0.3) is 0 Å². The second-order valence-electron chi connectivity index (χ2n) is 6.20. The van der Waals surface area contributed by atoms with Gasteiger partial charge in [0, 0.05) is 19.5 Å². The summed E-state index contributed by atoms with van der Waals surface area (Å²) in [5, 5.41) is 8.89. The molecular weight excluding hydrogens is 309 g/mol. The van der Waals surface area contributed by atoms with Crippen LogP contribution in [0.3, 0.4) is 0 Å². The highest BCUT2D eigenvalue weighted by Gasteiger charge is 2.45. The van der Waals surface area contributed by atoms with E-state index in [0.717, 1.165) is 17.5 Å². The van der Waals surface area contributed by atoms with E-state index >= 15 is 0 Å². The monoisotopic (exact) mass is 327 g/mol. The van der Waals surface area contributed by atoms with E-state index in [2.05, 4.69) is 0 Å². The smallest absolute Gasteiger partial charge is 0.335 e. The van der Waals surface area contributed by atoms with Crippen LogP contribution in [0, 0.1) is 11.7 Å². The molecule has 124 valence electrons. The number of benzene rings is 2. The molecule has 3 rings (SSSR count). The predicted octanol–water partition coefficient (Wildman–Crippen LogP) is 3.29. The standard InChI is InChI=1S/C19H18FNO3/c1-21(11-12-5-7-13(8-6-12)19(23)24)18(22)17-10-16(17)14-3-2-4-15(20)9-14/h2-9,16-17H,10-11H2,1H3,(H,23,24). The van der Waals surface area contributed by atoms with Gasteiger partial charge in [-0.1, -0.05) is 24.3 Å². The fraction of sp³-hybridized carbons (Fsp3) is 0.263. The van der Waals surface area contributed by atoms with Crippen molar-refractivity contribution in [1.82, 2.24) is 4.90 Å². The minimum atomic E-state index is -0.970. The second kappa shape index (κ2) is 6.43. The molecule has 4 nitrogen and oxygen atoms in total. The number of carboxylic acids is 1. The van der Waals surface area contributed by atoms with Crippen molar-refractivity contribution in [2.75, 3.05) is 7.05 Å². The quantitative estimate of drug-likeness (QED) is 0.917. The number of carboxylic acid groups (broad SMARTS) is 1. The Balaban J connectivity index is 1.60. The number of amides is 1. The summed E-state index contributed by atoms with van der Waals surface area (Å²) in [5.74, 6) is -1.23. The molecule has 0 radical (unpaired) electrons. The number of carbonyl (C=O) groups excluding carboxylic acids is 1. The lowest BCUT2D eigenvalue weighted by Gasteiger charge is -2.17. The van der Waals surface area contributed by atoms with Gasteiger partial charge < -0.3 is 10.0 Å². The Hall–Kier alpha value is -2.69. The van der Waals surface area contributed by atoms with Gasteiger partial charge in [-0.25, -0.2) is 9.18 Å². The van der Waals surface area contributed by atoms with E-state index in [-0.39, 0.29) is 29.1 Å². The van der Waals surface area contributed by atoms with Crippen molar-refractivity contribution in [3.05, 3.63) is 71.0 Å². The molecule has 1 N–H and O–H groups in total. The molecule has 0 heterocycles. The zero-order chi connectivity index (χ0) is 17.3. The van der Waals surface area contributed by atoms with Crippen molar-refractivity contribution >= 4 is 11.9 Å². The topological polar surface area (TPSA) is 57.6 Å². The SMILES string of the molecule is CN(Cc1ccc(C(=O)O)cc1)C(=O)C1CC1c1cccc(F)c1. The Morgan fingerprint density at radius 3 is 2.54 bits per heavy atom. The fourth-order valence-electron chi connectivity index (χ4n) is 2.96. The van der Waals surface area contributed by atoms with E-state index in [0.29, 0.717) is 6.54 Å². The third-order valence-corrected chi connectivity index (χ3v) is 4.38. The van der Waals surface area contributed by atoms with Crippen LogP contribution in [0.4, 0.5) is 4.39 Å². The summed E-state index contributed by atoms with van der Waals surface area (Å²) in [6.45, 7) is 0.422. The Kier molecular flexibility index (Phi) is 4.34. The number of nitrogens with zero attached hydrogens (tertiary/aromatic N) is 1. The van der Waals surface area contributed by atoms with Crippen molar-refractivity contribution in [2.24, 2.45) is 5.92 Å². The first kappa shape index (κ1) is 16.2. The van der Waals surface area contributed by atoms with Crippen LogP contribution in [0.5, 0.6) is 0 Å². The van der Waals surface area contributed by atoms with Crippen molar-refractivity contribution < 1.29 is 19.1 Å². The highest BCUT2D eigenvalue weighted by atomic mass is 19.1. The molecule has 2 aromatic rings. The summed E-state index contributed by atoms with van der Waals surface area (Å²) in [7, 11) is 1.73. The van der Waals surface area contributed by atoms with Gasteiger partial charge >= 0.3 is 5.97 Å². The molecule has 0 bridgehead atoms. The van der Waals surface area contributed by atoms with E-state index in [1.165, 1.54) is 24.3 Å². The average molecular weight is 327 g/mol. The maximum absolute atomic E-state index is 13.3. The second-order valence-corrected chi connectivity index (χ2v) is 6.20. The van der Waals surface area contributed by atoms with Gasteiger partial charge in [0.15, 0.2) is 0 Å². The third kappa shape index (κ3) is 3.45. The Bertz CT molecular complexity index is 772. The summed E-state index contributed by atoms with van der Waals surface area (Å²) in [4.78, 5) is 25.0. The minimum absolute atomic E-state index is 0.0339. The lowest BCUT2D eigenvalue weighted by Crippen LogP contribution is -2.28. The number of carbonyl (C=O) groups is 2. The van der Waals surface area contributed by atoms with E-state index in [4.69, 9.17) is 5.11 Å². The van der Waals surface area contributed by atoms with Crippen LogP contribution in [0.25, 0.3) is 0 Å². The molecule has 24 heavy (non-hydrogen) atoms. The fourth-order valence-corrected chi connectivity index (χ4v) is 2.96. The molecule has 1 aliphatic rings. The maximum Gasteiger partial charge on any atom is 0.335 e. The van der Waals surface area contributed by atoms with Gasteiger partial charge in [-0.3, -0.25) is 4.79 Å². The highest BCUT2D eigenvalue weighted by Crippen LogP contribution is 2.48. The molecule has 0 saturated heterocycles. The van der Waals surface area contributed by atoms with Crippen molar-refractivity contribution in [1.29, 1.82) is 0 Å². The zero-order valence-electron chi connectivity index (χ0n) is 13.3. The van der Waals surface area contributed by atoms with Gasteiger partial charge in [0.2, 0.25) is 5.91 Å². The summed E-state index contributed by atoms with van der Waals surface area (Å²) < 4.78 is 13.3. The molecule has 1 amide bonds. The first-order chi connectivity index (χ1) is 11.5. The van der Waals surface area contributed by atoms with Crippen molar-refractivity contribution in [3.63, 3.8) is 0 Å². The largest absolute Gasteiger partial charge is 0.478 e. The van der Waals surface area contributed by atoms with Crippen LogP contribution in [-0.4, -0.2) is 28.9 Å². The number of hydrogen-bond donors (Lipinski definition) is 1. The number of halogens is 1. The van der Waals surface area contributed by atoms with E-state index in [1.807, 2.05) is 6.07 Å². The highest BCUT2D eigenvalue weighted by molar-refractivity contribution is 5.87. The Morgan fingerprint density at radius 1 is 1.21 bits per heavy atom. The van der Waals surface area contributed by atoms with Crippen molar-refractivity contribution in [2.45, 2.75) is 18.9 Å². The van der Waals surface area contributed by atoms with Gasteiger partial charge in [-0.15, -0.1) is 0 Å². The molecule has 1 saturated carbocycles. The van der Waals surface area contributed by atoms with Gasteiger partial charge in [-0.2, -0.15) is 0 Å². The van der Waals surface area contributed by atoms with Crippen LogP contribution < -0.4 is 0 Å². The molecule has 2 aromatic carbocycles. The van der Waals surface area contributed by atoms with E-state index in [9.17, 15) is 14.0 Å². The van der Waals surface area contributed by atoms with Crippen LogP contribution in [0.1, 0.15) is 33.8 Å². The molecule has 2 atom stereocenters. The Labute approximate surface area is 139 Å². The number of hydrogen-bond acceptors (Lipinski definition) is 2.